The molecule has 5 heteroatoms. The second-order valence-electron chi connectivity index (χ2n) is 6.33. The number of fused-ring (bicyclic) bond motifs is 5. The molecule has 4 rings (SSSR count). The van der Waals surface area contributed by atoms with Gasteiger partial charge in [0.15, 0.2) is 11.6 Å². The van der Waals surface area contributed by atoms with Crippen molar-refractivity contribution >= 4 is 17.3 Å². The van der Waals surface area contributed by atoms with E-state index in [1.54, 1.807) is 0 Å². The molecule has 0 heterocycles. The van der Waals surface area contributed by atoms with E-state index in [0.717, 1.165) is 6.07 Å². The van der Waals surface area contributed by atoms with Gasteiger partial charge < -0.3 is 11.1 Å². The van der Waals surface area contributed by atoms with Gasteiger partial charge in [-0.25, -0.2) is 8.78 Å². The predicted molar refractivity (Wildman–Crippen MR) is 70.7 cm³/mol. The number of benzene rings is 1. The summed E-state index contributed by atoms with van der Waals surface area (Å²) in [6.07, 6.45) is 3.67. The minimum atomic E-state index is -1.08. The second kappa shape index (κ2) is 3.93. The summed E-state index contributed by atoms with van der Waals surface area (Å²) in [7, 11) is 0. The van der Waals surface area contributed by atoms with Gasteiger partial charge in [0.2, 0.25) is 5.91 Å². The van der Waals surface area contributed by atoms with Crippen LogP contribution in [0.4, 0.5) is 20.2 Å². The topological polar surface area (TPSA) is 55.1 Å². The molecule has 1 aromatic rings. The number of hydrogen-bond donors (Lipinski definition) is 2. The zero-order chi connectivity index (χ0) is 14.0. The number of halogens is 2. The van der Waals surface area contributed by atoms with Crippen molar-refractivity contribution < 1.29 is 13.6 Å². The molecular weight excluding hydrogens is 262 g/mol. The first-order chi connectivity index (χ1) is 9.58. The Balaban J connectivity index is 1.54. The number of rotatable bonds is 2. The molecule has 3 N–H and O–H groups in total. The lowest BCUT2D eigenvalue weighted by molar-refractivity contribution is -0.118. The number of nitrogens with two attached hydrogens (primary N) is 1. The Morgan fingerprint density at radius 3 is 2.50 bits per heavy atom. The highest BCUT2D eigenvalue weighted by atomic mass is 19.2. The van der Waals surface area contributed by atoms with Crippen LogP contribution < -0.4 is 11.1 Å². The minimum absolute atomic E-state index is 0.0247. The molecular formula is C15H16F2N2O. The molecule has 3 aliphatic rings. The number of anilines is 2. The van der Waals surface area contributed by atoms with Crippen LogP contribution in [0.2, 0.25) is 0 Å². The van der Waals surface area contributed by atoms with E-state index in [9.17, 15) is 13.6 Å². The zero-order valence-corrected chi connectivity index (χ0v) is 10.9. The largest absolute Gasteiger partial charge is 0.397 e. The fraction of sp³-hybridized carbons (Fsp3) is 0.533. The third-order valence-electron chi connectivity index (χ3n) is 5.41. The Kier molecular flexibility index (Phi) is 2.38. The summed E-state index contributed by atoms with van der Waals surface area (Å²) >= 11 is 0. The molecule has 1 aromatic carbocycles. The number of nitrogens with one attached hydrogen (secondary N) is 1. The van der Waals surface area contributed by atoms with Crippen LogP contribution in [0.1, 0.15) is 19.3 Å². The highest BCUT2D eigenvalue weighted by Gasteiger charge is 2.67. The molecule has 3 nitrogen and oxygen atoms in total. The zero-order valence-electron chi connectivity index (χ0n) is 10.9. The molecule has 0 radical (unpaired) electrons. The molecule has 20 heavy (non-hydrogen) atoms. The maximum Gasteiger partial charge on any atom is 0.228 e. The maximum absolute atomic E-state index is 13.7. The maximum atomic E-state index is 13.7. The van der Waals surface area contributed by atoms with Crippen LogP contribution in [0.5, 0.6) is 0 Å². The van der Waals surface area contributed by atoms with E-state index in [4.69, 9.17) is 5.73 Å². The summed E-state index contributed by atoms with van der Waals surface area (Å²) < 4.78 is 26.9. The molecule has 0 saturated heterocycles. The quantitative estimate of drug-likeness (QED) is 0.817. The van der Waals surface area contributed by atoms with Crippen molar-refractivity contribution in [3.05, 3.63) is 23.8 Å². The van der Waals surface area contributed by atoms with Crippen molar-refractivity contribution in [2.24, 2.45) is 29.6 Å². The van der Waals surface area contributed by atoms with Crippen molar-refractivity contribution in [1.82, 2.24) is 0 Å². The van der Waals surface area contributed by atoms with Crippen molar-refractivity contribution in [1.29, 1.82) is 0 Å². The van der Waals surface area contributed by atoms with Crippen molar-refractivity contribution in [2.45, 2.75) is 19.3 Å². The van der Waals surface area contributed by atoms with Crippen LogP contribution in [0.25, 0.3) is 0 Å². The van der Waals surface area contributed by atoms with E-state index in [1.165, 1.54) is 25.3 Å². The SMILES string of the molecule is Nc1ccc(F)c(F)c1NC(=O)C1C2C3CCC(C3)C12. The first-order valence-corrected chi connectivity index (χ1v) is 7.12. The standard InChI is InChI=1S/C15H16F2N2O/c16-8-3-4-9(18)14(13(8)17)19-15(20)12-10-6-1-2-7(5-6)11(10)12/h3-4,6-7,10-12H,1-2,5,18H2,(H,19,20). The van der Waals surface area contributed by atoms with Crippen LogP contribution in [0, 0.1) is 41.2 Å². The number of nitrogen functional groups attached to an aromatic ring is 1. The smallest absolute Gasteiger partial charge is 0.228 e. The Bertz CT molecular complexity index is 588. The second-order valence-corrected chi connectivity index (χ2v) is 6.33. The monoisotopic (exact) mass is 278 g/mol. The lowest BCUT2D eigenvalue weighted by Gasteiger charge is -2.12. The van der Waals surface area contributed by atoms with E-state index in [1.807, 2.05) is 0 Å². The van der Waals surface area contributed by atoms with E-state index in [0.29, 0.717) is 23.7 Å². The first-order valence-electron chi connectivity index (χ1n) is 7.12. The molecule has 0 spiro atoms. The molecule has 3 fully saturated rings. The van der Waals surface area contributed by atoms with Crippen molar-refractivity contribution in [3.8, 4) is 0 Å². The van der Waals surface area contributed by atoms with Gasteiger partial charge in [-0.2, -0.15) is 0 Å². The van der Waals surface area contributed by atoms with Gasteiger partial charge in [0.25, 0.3) is 0 Å². The third-order valence-corrected chi connectivity index (χ3v) is 5.41. The van der Waals surface area contributed by atoms with Gasteiger partial charge in [-0.15, -0.1) is 0 Å². The Morgan fingerprint density at radius 2 is 1.85 bits per heavy atom. The average molecular weight is 278 g/mol. The fourth-order valence-electron chi connectivity index (χ4n) is 4.57. The number of carbonyl (C=O) groups excluding carboxylic acids is 1. The van der Waals surface area contributed by atoms with Gasteiger partial charge in [-0.3, -0.25) is 4.79 Å². The van der Waals surface area contributed by atoms with E-state index < -0.39 is 11.6 Å². The molecule has 0 aromatic heterocycles. The molecule has 4 unspecified atom stereocenters. The molecule has 4 atom stereocenters. The predicted octanol–water partition coefficient (Wildman–Crippen LogP) is 2.78. The van der Waals surface area contributed by atoms with Crippen LogP contribution in [-0.2, 0) is 4.79 Å². The summed E-state index contributed by atoms with van der Waals surface area (Å²) in [5.41, 5.74) is 5.47. The highest BCUT2D eigenvalue weighted by Crippen LogP contribution is 2.69. The van der Waals surface area contributed by atoms with Gasteiger partial charge in [-0.1, -0.05) is 0 Å². The van der Waals surface area contributed by atoms with Crippen LogP contribution in [-0.4, -0.2) is 5.91 Å². The van der Waals surface area contributed by atoms with E-state index >= 15 is 0 Å². The van der Waals surface area contributed by atoms with Gasteiger partial charge in [0, 0.05) is 5.92 Å². The first kappa shape index (κ1) is 12.1. The van der Waals surface area contributed by atoms with Gasteiger partial charge in [0.1, 0.15) is 5.69 Å². The van der Waals surface area contributed by atoms with E-state index in [2.05, 4.69) is 5.32 Å². The lowest BCUT2D eigenvalue weighted by Crippen LogP contribution is -2.20. The van der Waals surface area contributed by atoms with Crippen LogP contribution >= 0.6 is 0 Å². The van der Waals surface area contributed by atoms with Crippen LogP contribution in [0.15, 0.2) is 12.1 Å². The third kappa shape index (κ3) is 1.52. The highest BCUT2D eigenvalue weighted by molar-refractivity contribution is 5.97. The molecule has 106 valence electrons. The number of carbonyl (C=O) groups is 1. The van der Waals surface area contributed by atoms with E-state index in [-0.39, 0.29) is 23.2 Å². The molecule has 3 aliphatic carbocycles. The van der Waals surface area contributed by atoms with Crippen LogP contribution in [0.3, 0.4) is 0 Å². The van der Waals surface area contributed by atoms with Gasteiger partial charge >= 0.3 is 0 Å². The molecule has 0 aliphatic heterocycles. The molecule has 2 bridgehead atoms. The van der Waals surface area contributed by atoms with Gasteiger partial charge in [0.05, 0.1) is 5.69 Å². The summed E-state index contributed by atoms with van der Waals surface area (Å²) in [6.45, 7) is 0. The number of hydrogen-bond acceptors (Lipinski definition) is 2. The van der Waals surface area contributed by atoms with Crippen molar-refractivity contribution in [3.63, 3.8) is 0 Å². The summed E-state index contributed by atoms with van der Waals surface area (Å²) in [5.74, 6) is -0.0436. The summed E-state index contributed by atoms with van der Waals surface area (Å²) in [5, 5.41) is 2.50. The summed E-state index contributed by atoms with van der Waals surface area (Å²) in [4.78, 5) is 12.3. The van der Waals surface area contributed by atoms with Crippen molar-refractivity contribution in [2.75, 3.05) is 11.1 Å². The Labute approximate surface area is 115 Å². The molecule has 3 saturated carbocycles. The Morgan fingerprint density at radius 1 is 1.20 bits per heavy atom. The lowest BCUT2D eigenvalue weighted by atomic mass is 10.0. The van der Waals surface area contributed by atoms with Gasteiger partial charge in [-0.05, 0) is 55.1 Å². The number of amides is 1. The fourth-order valence-corrected chi connectivity index (χ4v) is 4.57. The minimum Gasteiger partial charge on any atom is -0.397 e. The summed E-state index contributed by atoms with van der Waals surface area (Å²) in [6, 6.07) is 2.23. The Hall–Kier alpha value is -1.65. The molecule has 1 amide bonds. The normalized spacial score (nSPS) is 36.8. The average Bonchev–Trinajstić information content (AvgIpc) is 2.88.